The number of phenolic OH excluding ortho intramolecular Hbond substituents is 1. The molecule has 0 amide bonds. The van der Waals surface area contributed by atoms with Crippen molar-refractivity contribution in [3.05, 3.63) is 52.6 Å². The van der Waals surface area contributed by atoms with Crippen molar-refractivity contribution in [2.45, 2.75) is 33.3 Å². The number of fused-ring (bicyclic) bond motifs is 1. The SMILES string of the molecule is Cc1c(C)c2c(c(C)c1O)C=CC(C)(COc1ccc(N)cc1)O2. The third-order valence-corrected chi connectivity index (χ3v) is 4.61. The molecular weight excluding hydrogens is 302 g/mol. The second-order valence-electron chi connectivity index (χ2n) is 6.57. The van der Waals surface area contributed by atoms with Gasteiger partial charge in [0.1, 0.15) is 23.9 Å². The Morgan fingerprint density at radius 3 is 2.42 bits per heavy atom. The Hall–Kier alpha value is -2.62. The maximum Gasteiger partial charge on any atom is 0.158 e. The van der Waals surface area contributed by atoms with Gasteiger partial charge in [-0.15, -0.1) is 0 Å². The molecule has 0 fully saturated rings. The van der Waals surface area contributed by atoms with E-state index in [1.165, 1.54) is 0 Å². The van der Waals surface area contributed by atoms with Crippen molar-refractivity contribution in [2.24, 2.45) is 0 Å². The summed E-state index contributed by atoms with van der Waals surface area (Å²) in [5, 5.41) is 10.2. The van der Waals surface area contributed by atoms with Crippen molar-refractivity contribution in [1.82, 2.24) is 0 Å². The van der Waals surface area contributed by atoms with Gasteiger partial charge in [0.15, 0.2) is 5.60 Å². The average molecular weight is 325 g/mol. The van der Waals surface area contributed by atoms with Gasteiger partial charge >= 0.3 is 0 Å². The van der Waals surface area contributed by atoms with E-state index in [9.17, 15) is 5.11 Å². The Balaban J connectivity index is 1.85. The molecule has 0 saturated heterocycles. The van der Waals surface area contributed by atoms with E-state index < -0.39 is 5.60 Å². The summed E-state index contributed by atoms with van der Waals surface area (Å²) in [6.07, 6.45) is 3.99. The normalized spacial score (nSPS) is 18.8. The molecule has 24 heavy (non-hydrogen) atoms. The summed E-state index contributed by atoms with van der Waals surface area (Å²) in [4.78, 5) is 0. The fourth-order valence-corrected chi connectivity index (χ4v) is 2.86. The van der Waals surface area contributed by atoms with Crippen molar-refractivity contribution < 1.29 is 14.6 Å². The third kappa shape index (κ3) is 2.80. The summed E-state index contributed by atoms with van der Waals surface area (Å²) < 4.78 is 12.1. The number of benzene rings is 2. The van der Waals surface area contributed by atoms with Crippen molar-refractivity contribution in [3.8, 4) is 17.2 Å². The van der Waals surface area contributed by atoms with Gasteiger partial charge in [-0.05, 0) is 69.2 Å². The zero-order chi connectivity index (χ0) is 17.5. The minimum absolute atomic E-state index is 0.334. The van der Waals surface area contributed by atoms with E-state index in [0.717, 1.165) is 33.8 Å². The van der Waals surface area contributed by atoms with E-state index in [-0.39, 0.29) is 0 Å². The number of nitrogens with two attached hydrogens (primary N) is 1. The van der Waals surface area contributed by atoms with Crippen LogP contribution in [0.25, 0.3) is 6.08 Å². The fourth-order valence-electron chi connectivity index (χ4n) is 2.86. The lowest BCUT2D eigenvalue weighted by atomic mass is 9.92. The largest absolute Gasteiger partial charge is 0.507 e. The van der Waals surface area contributed by atoms with Crippen LogP contribution >= 0.6 is 0 Å². The lowest BCUT2D eigenvalue weighted by Crippen LogP contribution is -2.39. The van der Waals surface area contributed by atoms with Gasteiger partial charge in [0.25, 0.3) is 0 Å². The second kappa shape index (κ2) is 5.78. The highest BCUT2D eigenvalue weighted by atomic mass is 16.5. The highest BCUT2D eigenvalue weighted by Crippen LogP contribution is 2.42. The van der Waals surface area contributed by atoms with Crippen LogP contribution in [0.2, 0.25) is 0 Å². The predicted octanol–water partition coefficient (Wildman–Crippen LogP) is 4.14. The van der Waals surface area contributed by atoms with Gasteiger partial charge in [0.2, 0.25) is 0 Å². The first-order valence-corrected chi connectivity index (χ1v) is 8.00. The Bertz CT molecular complexity index is 809. The molecule has 0 aliphatic carbocycles. The summed E-state index contributed by atoms with van der Waals surface area (Å²) in [7, 11) is 0. The van der Waals surface area contributed by atoms with Crippen LogP contribution in [0.3, 0.4) is 0 Å². The first-order valence-electron chi connectivity index (χ1n) is 8.00. The molecule has 2 aromatic rings. The van der Waals surface area contributed by atoms with Crippen LogP contribution in [0, 0.1) is 20.8 Å². The Morgan fingerprint density at radius 1 is 1.08 bits per heavy atom. The summed E-state index contributed by atoms with van der Waals surface area (Å²) in [5.41, 5.74) is 9.40. The van der Waals surface area contributed by atoms with E-state index in [1.807, 2.05) is 64.1 Å². The minimum Gasteiger partial charge on any atom is -0.507 e. The first-order chi connectivity index (χ1) is 11.3. The quantitative estimate of drug-likeness (QED) is 0.832. The van der Waals surface area contributed by atoms with E-state index in [1.54, 1.807) is 0 Å². The maximum atomic E-state index is 10.2. The highest BCUT2D eigenvalue weighted by Gasteiger charge is 2.31. The topological polar surface area (TPSA) is 64.7 Å². The molecule has 0 saturated carbocycles. The molecule has 1 heterocycles. The van der Waals surface area contributed by atoms with Gasteiger partial charge in [-0.2, -0.15) is 0 Å². The second-order valence-corrected chi connectivity index (χ2v) is 6.57. The van der Waals surface area contributed by atoms with E-state index in [4.69, 9.17) is 15.2 Å². The molecule has 1 atom stereocenters. The molecule has 3 rings (SSSR count). The molecule has 2 aromatic carbocycles. The molecule has 0 spiro atoms. The molecule has 0 bridgehead atoms. The molecule has 0 radical (unpaired) electrons. The van der Waals surface area contributed by atoms with Crippen molar-refractivity contribution in [1.29, 1.82) is 0 Å². The third-order valence-electron chi connectivity index (χ3n) is 4.61. The van der Waals surface area contributed by atoms with Crippen molar-refractivity contribution in [3.63, 3.8) is 0 Å². The van der Waals surface area contributed by atoms with Gasteiger partial charge in [0, 0.05) is 16.8 Å². The molecule has 0 aromatic heterocycles. The number of nitrogen functional groups attached to an aromatic ring is 1. The Kier molecular flexibility index (Phi) is 3.91. The van der Waals surface area contributed by atoms with Gasteiger partial charge in [-0.3, -0.25) is 0 Å². The molecule has 1 aliphatic rings. The van der Waals surface area contributed by atoms with Crippen molar-refractivity contribution >= 4 is 11.8 Å². The van der Waals surface area contributed by atoms with Crippen LogP contribution < -0.4 is 15.2 Å². The predicted molar refractivity (Wildman–Crippen MR) is 96.7 cm³/mol. The highest BCUT2D eigenvalue weighted by molar-refractivity contribution is 5.71. The summed E-state index contributed by atoms with van der Waals surface area (Å²) in [6.45, 7) is 8.14. The monoisotopic (exact) mass is 325 g/mol. The van der Waals surface area contributed by atoms with Gasteiger partial charge in [-0.1, -0.05) is 6.08 Å². The minimum atomic E-state index is -0.574. The average Bonchev–Trinajstić information content (AvgIpc) is 2.57. The molecule has 1 aliphatic heterocycles. The number of aromatic hydroxyl groups is 1. The first kappa shape index (κ1) is 16.2. The number of ether oxygens (including phenoxy) is 2. The number of anilines is 1. The van der Waals surface area contributed by atoms with Gasteiger partial charge in [0.05, 0.1) is 0 Å². The van der Waals surface area contributed by atoms with E-state index >= 15 is 0 Å². The maximum absolute atomic E-state index is 10.2. The molecule has 4 nitrogen and oxygen atoms in total. The van der Waals surface area contributed by atoms with Gasteiger partial charge in [-0.25, -0.2) is 0 Å². The lowest BCUT2D eigenvalue weighted by Gasteiger charge is -2.33. The number of hydrogen-bond donors (Lipinski definition) is 2. The smallest absolute Gasteiger partial charge is 0.158 e. The van der Waals surface area contributed by atoms with E-state index in [2.05, 4.69) is 0 Å². The molecule has 3 N–H and O–H groups in total. The number of hydrogen-bond acceptors (Lipinski definition) is 4. The zero-order valence-electron chi connectivity index (χ0n) is 14.5. The Labute approximate surface area is 142 Å². The lowest BCUT2D eigenvalue weighted by molar-refractivity contribution is 0.0746. The molecular formula is C20H23NO3. The van der Waals surface area contributed by atoms with Crippen molar-refractivity contribution in [2.75, 3.05) is 12.3 Å². The Morgan fingerprint density at radius 2 is 1.75 bits per heavy atom. The number of rotatable bonds is 3. The molecule has 126 valence electrons. The number of phenols is 1. The van der Waals surface area contributed by atoms with E-state index in [0.29, 0.717) is 18.0 Å². The van der Waals surface area contributed by atoms with Crippen LogP contribution in [0.1, 0.15) is 29.2 Å². The van der Waals surface area contributed by atoms with Crippen LogP contribution in [-0.2, 0) is 0 Å². The molecule has 4 heteroatoms. The fraction of sp³-hybridized carbons (Fsp3) is 0.300. The van der Waals surface area contributed by atoms with Gasteiger partial charge < -0.3 is 20.3 Å². The van der Waals surface area contributed by atoms with Crippen LogP contribution in [0.4, 0.5) is 5.69 Å². The summed E-state index contributed by atoms with van der Waals surface area (Å²) in [5.74, 6) is 1.90. The summed E-state index contributed by atoms with van der Waals surface area (Å²) >= 11 is 0. The van der Waals surface area contributed by atoms with Crippen LogP contribution in [0.5, 0.6) is 17.2 Å². The zero-order valence-corrected chi connectivity index (χ0v) is 14.5. The summed E-state index contributed by atoms with van der Waals surface area (Å²) in [6, 6.07) is 7.31. The molecule has 1 unspecified atom stereocenters. The van der Waals surface area contributed by atoms with Crippen LogP contribution in [-0.4, -0.2) is 17.3 Å². The standard InChI is InChI=1S/C20H23NO3/c1-12-13(2)19-17(14(3)18(12)22)9-10-20(4,24-19)11-23-16-7-5-15(21)6-8-16/h5-10,22H,11,21H2,1-4H3. The van der Waals surface area contributed by atoms with Crippen LogP contribution in [0.15, 0.2) is 30.3 Å².